The molecule has 0 unspecified atom stereocenters. The van der Waals surface area contributed by atoms with E-state index in [1.54, 1.807) is 17.9 Å². The molecular weight excluding hydrogens is 374 g/mol. The van der Waals surface area contributed by atoms with Gasteiger partial charge in [-0.3, -0.25) is 9.59 Å². The van der Waals surface area contributed by atoms with Gasteiger partial charge in [0, 0.05) is 31.4 Å². The minimum atomic E-state index is -0.709. The molecule has 0 aromatic carbocycles. The molecule has 0 heterocycles. The quantitative estimate of drug-likeness (QED) is 0.569. The topological polar surface area (TPSA) is 82.1 Å². The highest BCUT2D eigenvalue weighted by Crippen LogP contribution is 2.33. The van der Waals surface area contributed by atoms with Crippen LogP contribution in [-0.4, -0.2) is 59.2 Å². The fourth-order valence-electron chi connectivity index (χ4n) is 3.88. The molecule has 29 heavy (non-hydrogen) atoms. The van der Waals surface area contributed by atoms with E-state index >= 15 is 0 Å². The minimum Gasteiger partial charge on any atom is -0.463 e. The maximum atomic E-state index is 12.6. The van der Waals surface area contributed by atoms with Crippen LogP contribution in [0.2, 0.25) is 0 Å². The average Bonchev–Trinajstić information content (AvgIpc) is 2.59. The zero-order chi connectivity index (χ0) is 22.4. The van der Waals surface area contributed by atoms with Gasteiger partial charge in [0.2, 0.25) is 5.91 Å². The van der Waals surface area contributed by atoms with E-state index in [0.717, 1.165) is 12.8 Å². The summed E-state index contributed by atoms with van der Waals surface area (Å²) in [6.45, 7) is 14.6. The van der Waals surface area contributed by atoms with Crippen molar-refractivity contribution in [3.63, 3.8) is 0 Å². The monoisotopic (exact) mass is 411 g/mol. The highest BCUT2D eigenvalue weighted by molar-refractivity contribution is 5.89. The number of ether oxygens (including phenoxy) is 3. The van der Waals surface area contributed by atoms with Crippen molar-refractivity contribution in [3.8, 4) is 0 Å². The van der Waals surface area contributed by atoms with Crippen LogP contribution < -0.4 is 0 Å². The molecule has 166 valence electrons. The van der Waals surface area contributed by atoms with E-state index in [4.69, 9.17) is 14.2 Å². The molecule has 0 saturated heterocycles. The molecule has 0 bridgehead atoms. The Labute approximate surface area is 174 Å². The first-order chi connectivity index (χ1) is 13.5. The number of esters is 2. The second-order valence-corrected chi connectivity index (χ2v) is 8.35. The number of amides is 1. The molecule has 0 N–H and O–H groups in total. The normalized spacial score (nSPS) is 22.1. The highest BCUT2D eigenvalue weighted by atomic mass is 16.6. The predicted octanol–water partition coefficient (Wildman–Crippen LogP) is 3.40. The average molecular weight is 412 g/mol. The Kier molecular flexibility index (Phi) is 9.33. The summed E-state index contributed by atoms with van der Waals surface area (Å²) in [5, 5.41) is 0. The first-order valence-electron chi connectivity index (χ1n) is 10.5. The van der Waals surface area contributed by atoms with Crippen LogP contribution in [0.25, 0.3) is 0 Å². The lowest BCUT2D eigenvalue weighted by Gasteiger charge is -2.48. The first kappa shape index (κ1) is 25.1. The van der Waals surface area contributed by atoms with Gasteiger partial charge >= 0.3 is 11.9 Å². The molecule has 0 aromatic heterocycles. The van der Waals surface area contributed by atoms with Crippen molar-refractivity contribution in [1.29, 1.82) is 0 Å². The Morgan fingerprint density at radius 1 is 1.14 bits per heavy atom. The van der Waals surface area contributed by atoms with Crippen molar-refractivity contribution in [3.05, 3.63) is 11.6 Å². The van der Waals surface area contributed by atoms with E-state index in [9.17, 15) is 14.4 Å². The van der Waals surface area contributed by atoms with Crippen LogP contribution in [0.3, 0.4) is 0 Å². The Hall–Kier alpha value is -1.89. The van der Waals surface area contributed by atoms with Gasteiger partial charge in [-0.15, -0.1) is 0 Å². The van der Waals surface area contributed by atoms with Crippen molar-refractivity contribution in [2.75, 3.05) is 6.61 Å². The number of nitrogens with zero attached hydrogens (tertiary/aromatic N) is 1. The highest BCUT2D eigenvalue weighted by Gasteiger charge is 2.46. The second-order valence-electron chi connectivity index (χ2n) is 8.35. The summed E-state index contributed by atoms with van der Waals surface area (Å²) in [5.41, 5.74) is -0.123. The van der Waals surface area contributed by atoms with Crippen LogP contribution in [0.1, 0.15) is 74.7 Å². The Morgan fingerprint density at radius 2 is 1.72 bits per heavy atom. The number of hydrogen-bond acceptors (Lipinski definition) is 6. The summed E-state index contributed by atoms with van der Waals surface area (Å²) < 4.78 is 17.1. The van der Waals surface area contributed by atoms with Crippen molar-refractivity contribution in [2.24, 2.45) is 0 Å². The fourth-order valence-corrected chi connectivity index (χ4v) is 3.88. The lowest BCUT2D eigenvalue weighted by Crippen LogP contribution is -2.62. The van der Waals surface area contributed by atoms with Gasteiger partial charge in [0.05, 0.1) is 18.8 Å². The second kappa shape index (κ2) is 10.8. The Bertz CT molecular complexity index is 617. The van der Waals surface area contributed by atoms with E-state index in [2.05, 4.69) is 0 Å². The maximum Gasteiger partial charge on any atom is 0.333 e. The van der Waals surface area contributed by atoms with Gasteiger partial charge in [0.15, 0.2) is 0 Å². The molecule has 1 rings (SSSR count). The zero-order valence-electron chi connectivity index (χ0n) is 19.1. The van der Waals surface area contributed by atoms with Crippen molar-refractivity contribution < 1.29 is 28.6 Å². The lowest BCUT2D eigenvalue weighted by molar-refractivity contribution is -0.168. The SMILES string of the molecule is CCOC(=O)C1=C[C@@H](OC(CC)CC)[C@H](N(C(C)=O)C(C)(C)C)[C@@H](OC(C)=O)C1. The molecule has 0 radical (unpaired) electrons. The summed E-state index contributed by atoms with van der Waals surface area (Å²) in [7, 11) is 0. The smallest absolute Gasteiger partial charge is 0.333 e. The van der Waals surface area contributed by atoms with Gasteiger partial charge in [-0.1, -0.05) is 13.8 Å². The van der Waals surface area contributed by atoms with Crippen molar-refractivity contribution in [2.45, 2.75) is 105 Å². The maximum absolute atomic E-state index is 12.6. The summed E-state index contributed by atoms with van der Waals surface area (Å²) in [5.74, 6) is -1.07. The van der Waals surface area contributed by atoms with Gasteiger partial charge in [-0.2, -0.15) is 0 Å². The number of carbonyl (C=O) groups is 3. The Morgan fingerprint density at radius 3 is 2.14 bits per heavy atom. The number of carbonyl (C=O) groups excluding carboxylic acids is 3. The van der Waals surface area contributed by atoms with Gasteiger partial charge in [-0.05, 0) is 46.6 Å². The van der Waals surface area contributed by atoms with E-state index in [-0.39, 0.29) is 25.0 Å². The standard InChI is InChI=1S/C22H37NO6/c1-9-17(10-2)29-19-13-16(21(26)27-11-3)12-18(28-15(5)25)20(19)23(14(4)24)22(6,7)8/h13,17-20H,9-12H2,1-8H3/t18-,19+,20+/m0/s1. The van der Waals surface area contributed by atoms with E-state index in [0.29, 0.717) is 5.57 Å². The van der Waals surface area contributed by atoms with Gasteiger partial charge in [0.25, 0.3) is 0 Å². The molecule has 0 aromatic rings. The van der Waals surface area contributed by atoms with Crippen molar-refractivity contribution in [1.82, 2.24) is 4.90 Å². The van der Waals surface area contributed by atoms with Crippen LogP contribution >= 0.6 is 0 Å². The van der Waals surface area contributed by atoms with Crippen LogP contribution in [0.15, 0.2) is 11.6 Å². The molecule has 1 amide bonds. The third kappa shape index (κ3) is 6.84. The van der Waals surface area contributed by atoms with Gasteiger partial charge in [-0.25, -0.2) is 4.79 Å². The number of hydrogen-bond donors (Lipinski definition) is 0. The predicted molar refractivity (Wildman–Crippen MR) is 110 cm³/mol. The molecule has 0 aliphatic heterocycles. The molecule has 7 heteroatoms. The third-order valence-corrected chi connectivity index (χ3v) is 4.98. The summed E-state index contributed by atoms with van der Waals surface area (Å²) in [6.07, 6.45) is 2.13. The van der Waals surface area contributed by atoms with Crippen LogP contribution in [0.5, 0.6) is 0 Å². The minimum absolute atomic E-state index is 0.0490. The molecule has 1 aliphatic rings. The Balaban J connectivity index is 3.52. The summed E-state index contributed by atoms with van der Waals surface area (Å²) in [4.78, 5) is 38.6. The third-order valence-electron chi connectivity index (χ3n) is 4.98. The fraction of sp³-hybridized carbons (Fsp3) is 0.773. The molecule has 3 atom stereocenters. The molecule has 0 spiro atoms. The van der Waals surface area contributed by atoms with Crippen LogP contribution in [0.4, 0.5) is 0 Å². The zero-order valence-corrected chi connectivity index (χ0v) is 19.1. The van der Waals surface area contributed by atoms with Crippen LogP contribution in [-0.2, 0) is 28.6 Å². The lowest BCUT2D eigenvalue weighted by atomic mass is 9.85. The first-order valence-corrected chi connectivity index (χ1v) is 10.5. The summed E-state index contributed by atoms with van der Waals surface area (Å²) in [6, 6.07) is -0.546. The van der Waals surface area contributed by atoms with Crippen molar-refractivity contribution >= 4 is 17.8 Å². The van der Waals surface area contributed by atoms with E-state index in [1.165, 1.54) is 13.8 Å². The largest absolute Gasteiger partial charge is 0.463 e. The van der Waals surface area contributed by atoms with E-state index in [1.807, 2.05) is 34.6 Å². The van der Waals surface area contributed by atoms with E-state index < -0.39 is 35.7 Å². The van der Waals surface area contributed by atoms with Gasteiger partial charge < -0.3 is 19.1 Å². The van der Waals surface area contributed by atoms with Gasteiger partial charge in [0.1, 0.15) is 12.2 Å². The molecular formula is C22H37NO6. The number of rotatable bonds is 8. The van der Waals surface area contributed by atoms with Crippen LogP contribution in [0, 0.1) is 0 Å². The molecule has 0 fully saturated rings. The molecule has 1 aliphatic carbocycles. The summed E-state index contributed by atoms with van der Waals surface area (Å²) >= 11 is 0. The molecule has 7 nitrogen and oxygen atoms in total. The molecule has 0 saturated carbocycles.